The molecule has 0 aliphatic heterocycles. The number of carboxylic acid groups (broad SMARTS) is 1. The molecular formula is C15H24O3. The lowest BCUT2D eigenvalue weighted by Crippen LogP contribution is -2.40. The van der Waals surface area contributed by atoms with Crippen molar-refractivity contribution < 1.29 is 15.0 Å². The fourth-order valence-electron chi connectivity index (χ4n) is 3.91. The van der Waals surface area contributed by atoms with Crippen LogP contribution in [0.3, 0.4) is 0 Å². The molecule has 3 nitrogen and oxygen atoms in total. The van der Waals surface area contributed by atoms with E-state index in [9.17, 15) is 15.0 Å². The van der Waals surface area contributed by atoms with Crippen LogP contribution < -0.4 is 0 Å². The number of hydrogen-bond acceptors (Lipinski definition) is 2. The summed E-state index contributed by atoms with van der Waals surface area (Å²) in [6.07, 6.45) is 3.55. The maximum atomic E-state index is 11.2. The molecule has 2 aliphatic carbocycles. The molecule has 0 aromatic heterocycles. The van der Waals surface area contributed by atoms with Crippen molar-refractivity contribution >= 4 is 5.97 Å². The van der Waals surface area contributed by atoms with Crippen molar-refractivity contribution in [3.8, 4) is 0 Å². The Hall–Kier alpha value is -0.830. The van der Waals surface area contributed by atoms with E-state index in [1.165, 1.54) is 0 Å². The number of rotatable bonds is 1. The van der Waals surface area contributed by atoms with Gasteiger partial charge >= 0.3 is 5.97 Å². The lowest BCUT2D eigenvalue weighted by Gasteiger charge is -2.43. The van der Waals surface area contributed by atoms with Gasteiger partial charge in [-0.15, -0.1) is 0 Å². The maximum absolute atomic E-state index is 11.2. The van der Waals surface area contributed by atoms with Crippen LogP contribution in [-0.2, 0) is 4.79 Å². The highest BCUT2D eigenvalue weighted by atomic mass is 16.4. The van der Waals surface area contributed by atoms with E-state index >= 15 is 0 Å². The van der Waals surface area contributed by atoms with Gasteiger partial charge in [0.25, 0.3) is 0 Å². The molecule has 2 unspecified atom stereocenters. The Morgan fingerprint density at radius 1 is 1.33 bits per heavy atom. The van der Waals surface area contributed by atoms with Gasteiger partial charge in [0.1, 0.15) is 0 Å². The highest BCUT2D eigenvalue weighted by Crippen LogP contribution is 2.56. The SMILES string of the molecule is C/C(C(=O)O)=C1\CC(C)(C)CC2C1CC[C@]2(C)O. The van der Waals surface area contributed by atoms with E-state index in [-0.39, 0.29) is 17.3 Å². The third-order valence-corrected chi connectivity index (χ3v) is 4.94. The molecule has 2 fully saturated rings. The minimum atomic E-state index is -0.812. The molecule has 0 bridgehead atoms. The summed E-state index contributed by atoms with van der Waals surface area (Å²) >= 11 is 0. The first-order valence-corrected chi connectivity index (χ1v) is 6.79. The Bertz CT molecular complexity index is 404. The Balaban J connectivity index is 2.43. The fourth-order valence-corrected chi connectivity index (χ4v) is 3.91. The second-order valence-electron chi connectivity index (χ2n) is 7.11. The second-order valence-corrected chi connectivity index (χ2v) is 7.11. The van der Waals surface area contributed by atoms with Crippen molar-refractivity contribution in [2.75, 3.05) is 0 Å². The molecule has 0 heterocycles. The van der Waals surface area contributed by atoms with Crippen LogP contribution in [0.15, 0.2) is 11.1 Å². The van der Waals surface area contributed by atoms with Gasteiger partial charge in [-0.2, -0.15) is 0 Å². The molecular weight excluding hydrogens is 228 g/mol. The van der Waals surface area contributed by atoms with E-state index in [4.69, 9.17) is 0 Å². The summed E-state index contributed by atoms with van der Waals surface area (Å²) in [5.41, 5.74) is 1.02. The Morgan fingerprint density at radius 3 is 2.50 bits per heavy atom. The van der Waals surface area contributed by atoms with Gasteiger partial charge in [0, 0.05) is 5.57 Å². The largest absolute Gasteiger partial charge is 0.478 e. The minimum absolute atomic E-state index is 0.0849. The van der Waals surface area contributed by atoms with Gasteiger partial charge in [0.15, 0.2) is 0 Å². The zero-order chi connectivity index (χ0) is 13.7. The first-order valence-electron chi connectivity index (χ1n) is 6.79. The monoisotopic (exact) mass is 252 g/mol. The highest BCUT2D eigenvalue weighted by Gasteiger charge is 2.51. The van der Waals surface area contributed by atoms with Gasteiger partial charge in [-0.05, 0) is 56.8 Å². The number of allylic oxidation sites excluding steroid dienone is 1. The average molecular weight is 252 g/mol. The van der Waals surface area contributed by atoms with Crippen molar-refractivity contribution in [1.29, 1.82) is 0 Å². The standard InChI is InChI=1S/C15H24O3/c1-9(13(16)17)11-7-14(2,3)8-12-10(11)5-6-15(12,4)18/h10,12,18H,5-8H2,1-4H3,(H,16,17)/b11-9-/t10?,12?,15-/m0/s1. The molecule has 2 saturated carbocycles. The van der Waals surface area contributed by atoms with Crippen LogP contribution in [0.1, 0.15) is 53.4 Å². The molecule has 2 aliphatic rings. The number of aliphatic carboxylic acids is 1. The quantitative estimate of drug-likeness (QED) is 0.705. The number of fused-ring (bicyclic) bond motifs is 1. The van der Waals surface area contributed by atoms with E-state index in [0.29, 0.717) is 5.57 Å². The molecule has 0 aromatic rings. The van der Waals surface area contributed by atoms with Gasteiger partial charge in [-0.25, -0.2) is 4.79 Å². The summed E-state index contributed by atoms with van der Waals surface area (Å²) < 4.78 is 0. The van der Waals surface area contributed by atoms with Crippen molar-refractivity contribution in [1.82, 2.24) is 0 Å². The molecule has 18 heavy (non-hydrogen) atoms. The van der Waals surface area contributed by atoms with Crippen LogP contribution in [0, 0.1) is 17.3 Å². The van der Waals surface area contributed by atoms with Crippen LogP contribution in [0.25, 0.3) is 0 Å². The number of hydrogen-bond donors (Lipinski definition) is 2. The average Bonchev–Trinajstić information content (AvgIpc) is 2.51. The lowest BCUT2D eigenvalue weighted by molar-refractivity contribution is -0.132. The lowest BCUT2D eigenvalue weighted by atomic mass is 9.62. The van der Waals surface area contributed by atoms with Crippen molar-refractivity contribution in [2.45, 2.75) is 59.0 Å². The predicted octanol–water partition coefficient (Wildman–Crippen LogP) is 2.98. The van der Waals surface area contributed by atoms with Crippen molar-refractivity contribution in [3.05, 3.63) is 11.1 Å². The van der Waals surface area contributed by atoms with Gasteiger partial charge in [0.2, 0.25) is 0 Å². The first-order chi connectivity index (χ1) is 8.14. The summed E-state index contributed by atoms with van der Waals surface area (Å²) in [5.74, 6) is -0.331. The van der Waals surface area contributed by atoms with Crippen LogP contribution in [-0.4, -0.2) is 21.8 Å². The topological polar surface area (TPSA) is 57.5 Å². The van der Waals surface area contributed by atoms with Gasteiger partial charge < -0.3 is 10.2 Å². The molecule has 3 atom stereocenters. The molecule has 2 N–H and O–H groups in total. The molecule has 0 aromatic carbocycles. The zero-order valence-electron chi connectivity index (χ0n) is 11.8. The Labute approximate surface area is 109 Å². The van der Waals surface area contributed by atoms with Crippen molar-refractivity contribution in [2.24, 2.45) is 17.3 Å². The van der Waals surface area contributed by atoms with Gasteiger partial charge in [-0.3, -0.25) is 0 Å². The first kappa shape index (κ1) is 13.6. The summed E-state index contributed by atoms with van der Waals surface area (Å²) in [6, 6.07) is 0. The van der Waals surface area contributed by atoms with Crippen molar-refractivity contribution in [3.63, 3.8) is 0 Å². The van der Waals surface area contributed by atoms with Gasteiger partial charge in [0.05, 0.1) is 5.60 Å². The molecule has 102 valence electrons. The fraction of sp³-hybridized carbons (Fsp3) is 0.800. The highest BCUT2D eigenvalue weighted by molar-refractivity contribution is 5.87. The molecule has 0 amide bonds. The van der Waals surface area contributed by atoms with Gasteiger partial charge in [-0.1, -0.05) is 19.4 Å². The molecule has 0 spiro atoms. The smallest absolute Gasteiger partial charge is 0.331 e. The maximum Gasteiger partial charge on any atom is 0.331 e. The third kappa shape index (κ3) is 2.20. The number of aliphatic hydroxyl groups is 1. The normalized spacial score (nSPS) is 41.4. The number of carbonyl (C=O) groups is 1. The van der Waals surface area contributed by atoms with E-state index in [2.05, 4.69) is 13.8 Å². The predicted molar refractivity (Wildman–Crippen MR) is 70.2 cm³/mol. The summed E-state index contributed by atoms with van der Waals surface area (Å²) in [7, 11) is 0. The summed E-state index contributed by atoms with van der Waals surface area (Å²) in [5, 5.41) is 19.7. The molecule has 0 radical (unpaired) electrons. The van der Waals surface area contributed by atoms with E-state index in [0.717, 1.165) is 31.3 Å². The minimum Gasteiger partial charge on any atom is -0.478 e. The van der Waals surface area contributed by atoms with Crippen LogP contribution >= 0.6 is 0 Å². The van der Waals surface area contributed by atoms with E-state index in [1.807, 2.05) is 6.92 Å². The molecule has 3 heteroatoms. The van der Waals surface area contributed by atoms with Crippen LogP contribution in [0.2, 0.25) is 0 Å². The van der Waals surface area contributed by atoms with E-state index < -0.39 is 11.6 Å². The molecule has 2 rings (SSSR count). The Morgan fingerprint density at radius 2 is 1.94 bits per heavy atom. The zero-order valence-corrected chi connectivity index (χ0v) is 11.8. The third-order valence-electron chi connectivity index (χ3n) is 4.94. The van der Waals surface area contributed by atoms with Crippen LogP contribution in [0.4, 0.5) is 0 Å². The molecule has 0 saturated heterocycles. The number of carboxylic acids is 1. The van der Waals surface area contributed by atoms with E-state index in [1.54, 1.807) is 6.92 Å². The second kappa shape index (κ2) is 4.09. The Kier molecular flexibility index (Phi) is 3.09. The van der Waals surface area contributed by atoms with Crippen LogP contribution in [0.5, 0.6) is 0 Å². The summed E-state index contributed by atoms with van der Waals surface area (Å²) in [6.45, 7) is 7.97. The summed E-state index contributed by atoms with van der Waals surface area (Å²) in [4.78, 5) is 11.2.